The van der Waals surface area contributed by atoms with Gasteiger partial charge in [-0.05, 0) is 40.7 Å². The van der Waals surface area contributed by atoms with Crippen molar-refractivity contribution in [2.45, 2.75) is 33.1 Å². The Hall–Kier alpha value is -1.63. The summed E-state index contributed by atoms with van der Waals surface area (Å²) in [5.41, 5.74) is 3.78. The summed E-state index contributed by atoms with van der Waals surface area (Å²) >= 11 is 0. The van der Waals surface area contributed by atoms with Crippen molar-refractivity contribution in [2.24, 2.45) is 0 Å². The molecule has 94 valence electrons. The van der Waals surface area contributed by atoms with Crippen molar-refractivity contribution in [3.05, 3.63) is 59.4 Å². The largest absolute Gasteiger partial charge is 0.207 e. The fraction of sp³-hybridized carbons (Fsp3) is 0.294. The minimum atomic E-state index is -0.124. The molecule has 0 saturated heterocycles. The third-order valence-electron chi connectivity index (χ3n) is 3.26. The molecule has 18 heavy (non-hydrogen) atoms. The van der Waals surface area contributed by atoms with E-state index in [1.807, 2.05) is 37.3 Å². The lowest BCUT2D eigenvalue weighted by Gasteiger charge is -2.23. The summed E-state index contributed by atoms with van der Waals surface area (Å²) in [7, 11) is 0. The molecule has 0 radical (unpaired) electrons. The van der Waals surface area contributed by atoms with Crippen LogP contribution in [0.5, 0.6) is 0 Å². The molecule has 0 unspecified atom stereocenters. The maximum absolute atomic E-state index is 14.1. The molecule has 0 fully saturated rings. The van der Waals surface area contributed by atoms with Crippen molar-refractivity contribution in [3.8, 4) is 11.1 Å². The molecular formula is C17H19F. The lowest BCUT2D eigenvalue weighted by atomic mass is 9.82. The summed E-state index contributed by atoms with van der Waals surface area (Å²) in [4.78, 5) is 0. The Balaban J connectivity index is 2.62. The average Bonchev–Trinajstić information content (AvgIpc) is 2.32. The maximum Gasteiger partial charge on any atom is 0.127 e. The summed E-state index contributed by atoms with van der Waals surface area (Å²) in [6, 6.07) is 13.7. The summed E-state index contributed by atoms with van der Waals surface area (Å²) in [5, 5.41) is 0. The predicted octanol–water partition coefficient (Wildman–Crippen LogP) is 5.10. The van der Waals surface area contributed by atoms with Crippen molar-refractivity contribution in [2.75, 3.05) is 0 Å². The van der Waals surface area contributed by atoms with Crippen molar-refractivity contribution >= 4 is 0 Å². The Bertz CT molecular complexity index is 548. The summed E-state index contributed by atoms with van der Waals surface area (Å²) < 4.78 is 14.1. The van der Waals surface area contributed by atoms with Crippen LogP contribution in [-0.2, 0) is 5.41 Å². The van der Waals surface area contributed by atoms with Gasteiger partial charge in [0.15, 0.2) is 0 Å². The minimum Gasteiger partial charge on any atom is -0.207 e. The smallest absolute Gasteiger partial charge is 0.127 e. The summed E-state index contributed by atoms with van der Waals surface area (Å²) in [5.74, 6) is -0.124. The topological polar surface area (TPSA) is 0 Å². The van der Waals surface area contributed by atoms with E-state index in [0.717, 1.165) is 22.3 Å². The number of halogens is 1. The third-order valence-corrected chi connectivity index (χ3v) is 3.26. The Morgan fingerprint density at radius 1 is 0.889 bits per heavy atom. The molecule has 0 aromatic heterocycles. The van der Waals surface area contributed by atoms with Crippen LogP contribution >= 0.6 is 0 Å². The van der Waals surface area contributed by atoms with Crippen molar-refractivity contribution in [3.63, 3.8) is 0 Å². The molecule has 0 bridgehead atoms. The number of rotatable bonds is 1. The van der Waals surface area contributed by atoms with Crippen LogP contribution in [0, 0.1) is 12.7 Å². The molecule has 0 heterocycles. The van der Waals surface area contributed by atoms with Gasteiger partial charge in [-0.1, -0.05) is 57.2 Å². The Morgan fingerprint density at radius 3 is 2.06 bits per heavy atom. The van der Waals surface area contributed by atoms with Gasteiger partial charge in [0.2, 0.25) is 0 Å². The standard InChI is InChI=1S/C17H19F/c1-12-15(17(2,3)4)10-14(11-16(12)18)13-8-6-5-7-9-13/h5-11H,1-4H3. The van der Waals surface area contributed by atoms with E-state index in [0.29, 0.717) is 0 Å². The van der Waals surface area contributed by atoms with Gasteiger partial charge in [-0.25, -0.2) is 4.39 Å². The highest BCUT2D eigenvalue weighted by Gasteiger charge is 2.19. The van der Waals surface area contributed by atoms with Gasteiger partial charge in [-0.3, -0.25) is 0 Å². The van der Waals surface area contributed by atoms with Gasteiger partial charge in [-0.15, -0.1) is 0 Å². The number of hydrogen-bond acceptors (Lipinski definition) is 0. The van der Waals surface area contributed by atoms with Gasteiger partial charge in [0, 0.05) is 0 Å². The van der Waals surface area contributed by atoms with Gasteiger partial charge < -0.3 is 0 Å². The molecule has 0 amide bonds. The van der Waals surface area contributed by atoms with Gasteiger partial charge in [0.05, 0.1) is 0 Å². The second-order valence-electron chi connectivity index (χ2n) is 5.75. The Kier molecular flexibility index (Phi) is 3.25. The van der Waals surface area contributed by atoms with Crippen LogP contribution in [-0.4, -0.2) is 0 Å². The van der Waals surface area contributed by atoms with E-state index < -0.39 is 0 Å². The molecular weight excluding hydrogens is 223 g/mol. The van der Waals surface area contributed by atoms with Crippen LogP contribution in [0.1, 0.15) is 31.9 Å². The molecule has 0 aliphatic rings. The first kappa shape index (κ1) is 12.8. The zero-order valence-electron chi connectivity index (χ0n) is 11.4. The first-order chi connectivity index (χ1) is 8.39. The van der Waals surface area contributed by atoms with Crippen LogP contribution in [0.3, 0.4) is 0 Å². The highest BCUT2D eigenvalue weighted by atomic mass is 19.1. The molecule has 2 aromatic rings. The van der Waals surface area contributed by atoms with Crippen molar-refractivity contribution in [1.29, 1.82) is 0 Å². The second-order valence-corrected chi connectivity index (χ2v) is 5.75. The molecule has 0 nitrogen and oxygen atoms in total. The van der Waals surface area contributed by atoms with Crippen LogP contribution in [0.25, 0.3) is 11.1 Å². The Labute approximate surface area is 108 Å². The fourth-order valence-electron chi connectivity index (χ4n) is 2.26. The maximum atomic E-state index is 14.1. The zero-order valence-corrected chi connectivity index (χ0v) is 11.4. The van der Waals surface area contributed by atoms with Gasteiger partial charge in [-0.2, -0.15) is 0 Å². The molecule has 0 N–H and O–H groups in total. The van der Waals surface area contributed by atoms with E-state index >= 15 is 0 Å². The SMILES string of the molecule is Cc1c(F)cc(-c2ccccc2)cc1C(C)(C)C. The monoisotopic (exact) mass is 242 g/mol. The van der Waals surface area contributed by atoms with Crippen LogP contribution in [0.2, 0.25) is 0 Å². The van der Waals surface area contributed by atoms with E-state index in [-0.39, 0.29) is 11.2 Å². The predicted molar refractivity (Wildman–Crippen MR) is 75.3 cm³/mol. The third kappa shape index (κ3) is 2.45. The molecule has 0 aliphatic carbocycles. The van der Waals surface area contributed by atoms with Gasteiger partial charge >= 0.3 is 0 Å². The van der Waals surface area contributed by atoms with Crippen LogP contribution in [0.4, 0.5) is 4.39 Å². The van der Waals surface area contributed by atoms with E-state index in [4.69, 9.17) is 0 Å². The van der Waals surface area contributed by atoms with Crippen LogP contribution < -0.4 is 0 Å². The van der Waals surface area contributed by atoms with Crippen molar-refractivity contribution in [1.82, 2.24) is 0 Å². The summed E-state index contributed by atoms with van der Waals surface area (Å²) in [6.07, 6.45) is 0. The molecule has 1 heteroatoms. The second kappa shape index (κ2) is 4.56. The molecule has 0 atom stereocenters. The molecule has 2 aromatic carbocycles. The normalized spacial score (nSPS) is 11.6. The van der Waals surface area contributed by atoms with Crippen LogP contribution in [0.15, 0.2) is 42.5 Å². The van der Waals surface area contributed by atoms with E-state index in [2.05, 4.69) is 26.8 Å². The molecule has 0 spiro atoms. The minimum absolute atomic E-state index is 0.0459. The average molecular weight is 242 g/mol. The van der Waals surface area contributed by atoms with E-state index in [1.165, 1.54) is 0 Å². The Morgan fingerprint density at radius 2 is 1.50 bits per heavy atom. The first-order valence-electron chi connectivity index (χ1n) is 6.25. The highest BCUT2D eigenvalue weighted by molar-refractivity contribution is 5.65. The molecule has 2 rings (SSSR count). The summed E-state index contributed by atoms with van der Waals surface area (Å²) in [6.45, 7) is 8.20. The van der Waals surface area contributed by atoms with E-state index in [1.54, 1.807) is 6.07 Å². The van der Waals surface area contributed by atoms with Gasteiger partial charge in [0.1, 0.15) is 5.82 Å². The number of benzene rings is 2. The zero-order chi connectivity index (χ0) is 13.3. The molecule has 0 aliphatic heterocycles. The highest BCUT2D eigenvalue weighted by Crippen LogP contribution is 2.32. The van der Waals surface area contributed by atoms with Crippen molar-refractivity contribution < 1.29 is 4.39 Å². The first-order valence-corrected chi connectivity index (χ1v) is 6.25. The fourth-order valence-corrected chi connectivity index (χ4v) is 2.26. The van der Waals surface area contributed by atoms with E-state index in [9.17, 15) is 4.39 Å². The molecule has 0 saturated carbocycles. The quantitative estimate of drug-likeness (QED) is 0.652. The van der Waals surface area contributed by atoms with Gasteiger partial charge in [0.25, 0.3) is 0 Å². The lowest BCUT2D eigenvalue weighted by Crippen LogP contribution is -2.14. The number of hydrogen-bond donors (Lipinski definition) is 0. The lowest BCUT2D eigenvalue weighted by molar-refractivity contribution is 0.563.